The van der Waals surface area contributed by atoms with Crippen LogP contribution in [0.25, 0.3) is 0 Å². The van der Waals surface area contributed by atoms with Crippen LogP contribution in [0, 0.1) is 20.0 Å². The minimum absolute atomic E-state index is 0. The fourth-order valence-corrected chi connectivity index (χ4v) is 0.557. The van der Waals surface area contributed by atoms with Crippen LogP contribution in [0.3, 0.4) is 0 Å². The molecule has 0 aliphatic rings. The van der Waals surface area contributed by atoms with Crippen LogP contribution in [0.15, 0.2) is 30.3 Å². The predicted molar refractivity (Wildman–Crippen MR) is 58.4 cm³/mol. The Kier molecular flexibility index (Phi) is 19.9. The summed E-state index contributed by atoms with van der Waals surface area (Å²) in [6.07, 6.45) is 0. The molecule has 0 aromatic heterocycles. The van der Waals surface area contributed by atoms with Gasteiger partial charge in [0.2, 0.25) is 0 Å². The minimum Gasteiger partial charge on any atom is 0 e. The number of hydrogen-bond donors (Lipinski definition) is 0. The quantitative estimate of drug-likeness (QED) is 0.219. The van der Waals surface area contributed by atoms with Crippen molar-refractivity contribution in [3.63, 3.8) is 0 Å². The van der Waals surface area contributed by atoms with Crippen molar-refractivity contribution < 1.29 is 60.9 Å². The number of hydrogen-bond acceptors (Lipinski definition) is 1. The van der Waals surface area contributed by atoms with Crippen molar-refractivity contribution in [3.8, 4) is 5.75 Å². The first-order chi connectivity index (χ1) is 9.38. The molecule has 0 fully saturated rings. The van der Waals surface area contributed by atoms with Gasteiger partial charge in [0.25, 0.3) is 0 Å². The SMILES string of the molecule is COc1ccccc1.F[P-](F)(F)(F)(F)F.[C-]#[O+].[C-]#[O+].[C-]#[O+].[Mn]. The number of para-hydroxylation sites is 1. The van der Waals surface area contributed by atoms with Gasteiger partial charge in [-0.2, -0.15) is 0 Å². The van der Waals surface area contributed by atoms with Gasteiger partial charge in [-0.05, 0) is 12.1 Å². The first-order valence-electron chi connectivity index (χ1n) is 4.15. The molecule has 0 saturated carbocycles. The second-order valence-corrected chi connectivity index (χ2v) is 4.39. The Morgan fingerprint density at radius 2 is 1.00 bits per heavy atom. The monoisotopic (exact) mass is 392 g/mol. The smallest absolute Gasteiger partial charge is 0 e. The van der Waals surface area contributed by atoms with Crippen molar-refractivity contribution in [2.24, 2.45) is 0 Å². The normalized spacial score (nSPS) is 10.8. The number of methoxy groups -OCH3 is 1. The van der Waals surface area contributed by atoms with Gasteiger partial charge >= 0.3 is 66.9 Å². The van der Waals surface area contributed by atoms with Crippen molar-refractivity contribution in [1.82, 2.24) is 0 Å². The molecule has 4 nitrogen and oxygen atoms in total. The molecule has 0 spiro atoms. The Bertz CT molecular complexity index is 403. The zero-order chi connectivity index (χ0) is 18.2. The zero-order valence-corrected chi connectivity index (χ0v) is 12.7. The van der Waals surface area contributed by atoms with Crippen molar-refractivity contribution in [2.45, 2.75) is 0 Å². The molecule has 22 heavy (non-hydrogen) atoms. The van der Waals surface area contributed by atoms with Gasteiger partial charge in [-0.3, -0.25) is 0 Å². The van der Waals surface area contributed by atoms with E-state index in [1.54, 1.807) is 7.11 Å². The largest absolute Gasteiger partial charge is 0 e. The Hall–Kier alpha value is -1.23. The van der Waals surface area contributed by atoms with Crippen molar-refractivity contribution in [2.75, 3.05) is 7.11 Å². The predicted octanol–water partition coefficient (Wildman–Crippen LogP) is 4.96. The van der Waals surface area contributed by atoms with Crippen LogP contribution in [0.1, 0.15) is 0 Å². The molecule has 0 aliphatic heterocycles. The van der Waals surface area contributed by atoms with Crippen LogP contribution < -0.4 is 4.74 Å². The molecule has 1 aromatic carbocycles. The molecule has 1 rings (SSSR count). The summed E-state index contributed by atoms with van der Waals surface area (Å²) in [5, 5.41) is 0. The van der Waals surface area contributed by atoms with E-state index in [2.05, 4.69) is 20.0 Å². The maximum absolute atomic E-state index is 10.7. The summed E-state index contributed by atoms with van der Waals surface area (Å²) in [7, 11) is -9.00. The molecule has 0 unspecified atom stereocenters. The van der Waals surface area contributed by atoms with E-state index in [4.69, 9.17) is 18.7 Å². The van der Waals surface area contributed by atoms with E-state index < -0.39 is 7.81 Å². The van der Waals surface area contributed by atoms with Gasteiger partial charge in [-0.1, -0.05) is 18.2 Å². The summed E-state index contributed by atoms with van der Waals surface area (Å²) in [6.45, 7) is 13.5. The van der Waals surface area contributed by atoms with E-state index >= 15 is 0 Å². The molecule has 1 aromatic rings. The van der Waals surface area contributed by atoms with Crippen LogP contribution in [0.4, 0.5) is 25.2 Å². The third-order valence-corrected chi connectivity index (χ3v) is 0.979. The second kappa shape index (κ2) is 13.4. The average Bonchev–Trinajstić information content (AvgIpc) is 2.43. The summed E-state index contributed by atoms with van der Waals surface area (Å²) in [6, 6.07) is 9.68. The van der Waals surface area contributed by atoms with Gasteiger partial charge in [-0.15, -0.1) is 0 Å². The molecule has 0 N–H and O–H groups in total. The Morgan fingerprint density at radius 3 is 1.14 bits per heavy atom. The van der Waals surface area contributed by atoms with Crippen LogP contribution in [0.2, 0.25) is 0 Å². The number of benzene rings is 1. The van der Waals surface area contributed by atoms with Crippen LogP contribution >= 0.6 is 7.81 Å². The molecule has 127 valence electrons. The third-order valence-electron chi connectivity index (χ3n) is 0.979. The van der Waals surface area contributed by atoms with E-state index in [1.807, 2.05) is 30.3 Å². The topological polar surface area (TPSA) is 68.9 Å². The van der Waals surface area contributed by atoms with Gasteiger partial charge in [0.1, 0.15) is 5.75 Å². The number of halogens is 6. The van der Waals surface area contributed by atoms with Gasteiger partial charge in [0.05, 0.1) is 7.11 Å². The second-order valence-electron chi connectivity index (χ2n) is 2.48. The Morgan fingerprint density at radius 1 is 0.773 bits per heavy atom. The fraction of sp³-hybridized carbons (Fsp3) is 0.100. The molecule has 0 saturated heterocycles. The molecule has 0 heterocycles. The van der Waals surface area contributed by atoms with E-state index in [9.17, 15) is 25.2 Å². The molecule has 0 aliphatic carbocycles. The van der Waals surface area contributed by atoms with Gasteiger partial charge < -0.3 is 4.74 Å². The van der Waals surface area contributed by atoms with Crippen molar-refractivity contribution in [1.29, 1.82) is 0 Å². The van der Waals surface area contributed by atoms with Crippen molar-refractivity contribution in [3.05, 3.63) is 50.3 Å². The zero-order valence-electron chi connectivity index (χ0n) is 10.6. The molecule has 0 atom stereocenters. The number of rotatable bonds is 1. The fourth-order valence-electron chi connectivity index (χ4n) is 0.557. The van der Waals surface area contributed by atoms with Gasteiger partial charge in [0, 0.05) is 17.1 Å². The minimum atomic E-state index is -10.7. The van der Waals surface area contributed by atoms with Crippen molar-refractivity contribution >= 4 is 7.81 Å². The summed E-state index contributed by atoms with van der Waals surface area (Å²) in [5.41, 5.74) is 0. The molecular weight excluding hydrogens is 384 g/mol. The molecule has 12 heteroatoms. The summed E-state index contributed by atoms with van der Waals surface area (Å²) in [5.74, 6) is 0.910. The van der Waals surface area contributed by atoms with E-state index in [0.29, 0.717) is 0 Å². The maximum Gasteiger partial charge on any atom is 0 e. The summed E-state index contributed by atoms with van der Waals surface area (Å²) in [4.78, 5) is 0. The summed E-state index contributed by atoms with van der Waals surface area (Å²) >= 11 is 0. The Labute approximate surface area is 132 Å². The van der Waals surface area contributed by atoms with E-state index in [-0.39, 0.29) is 17.1 Å². The molecule has 0 bridgehead atoms. The van der Waals surface area contributed by atoms with Crippen LogP contribution in [-0.2, 0) is 31.0 Å². The molecule has 0 amide bonds. The summed E-state index contributed by atoms with van der Waals surface area (Å²) < 4.78 is 86.6. The van der Waals surface area contributed by atoms with E-state index in [1.165, 1.54) is 0 Å². The average molecular weight is 392 g/mol. The molecule has 1 radical (unpaired) electrons. The third kappa shape index (κ3) is 77.1. The van der Waals surface area contributed by atoms with Crippen LogP contribution in [-0.4, -0.2) is 7.11 Å². The standard InChI is InChI=1S/C7H8O.3CO.F6P.Mn/c1-8-7-5-3-2-4-6-7;3*1-2;1-7(2,3,4,5)6;/h2-6H,1H3;;;;;/q;;;;-1;. The molecular formula is C10H8F6MnO4P-. The van der Waals surface area contributed by atoms with Crippen LogP contribution in [0.5, 0.6) is 5.75 Å². The first kappa shape index (κ1) is 32.6. The Balaban J connectivity index is -0.0000000635. The number of ether oxygens (including phenoxy) is 1. The van der Waals surface area contributed by atoms with Gasteiger partial charge in [0.15, 0.2) is 0 Å². The van der Waals surface area contributed by atoms with E-state index in [0.717, 1.165) is 5.75 Å². The maximum atomic E-state index is 9.87. The van der Waals surface area contributed by atoms with Gasteiger partial charge in [-0.25, -0.2) is 0 Å². The first-order valence-corrected chi connectivity index (χ1v) is 6.18.